The number of benzene rings is 2. The number of amides is 1. The molecule has 1 amide bonds. The van der Waals surface area contributed by atoms with Crippen molar-refractivity contribution in [3.8, 4) is 5.75 Å². The third kappa shape index (κ3) is 3.88. The third-order valence-electron chi connectivity index (χ3n) is 5.39. The van der Waals surface area contributed by atoms with Crippen molar-refractivity contribution < 1.29 is 22.7 Å². The summed E-state index contributed by atoms with van der Waals surface area (Å²) in [6.07, 6.45) is -5.12. The van der Waals surface area contributed by atoms with Crippen molar-refractivity contribution in [1.82, 2.24) is 9.97 Å². The van der Waals surface area contributed by atoms with Gasteiger partial charge >= 0.3 is 6.18 Å². The van der Waals surface area contributed by atoms with Crippen molar-refractivity contribution in [3.63, 3.8) is 0 Å². The van der Waals surface area contributed by atoms with Crippen LogP contribution in [0.4, 0.5) is 30.4 Å². The Bertz CT molecular complexity index is 1230. The molecule has 2 atom stereocenters. The molecule has 0 spiro atoms. The van der Waals surface area contributed by atoms with E-state index in [1.54, 1.807) is 40.0 Å². The van der Waals surface area contributed by atoms with E-state index < -0.39 is 23.9 Å². The van der Waals surface area contributed by atoms with E-state index in [0.717, 1.165) is 12.1 Å². The predicted octanol–water partition coefficient (Wildman–Crippen LogP) is 4.46. The lowest BCUT2D eigenvalue weighted by molar-refractivity contribution is -0.137. The Balaban J connectivity index is 1.77. The number of alkyl halides is 3. The molecule has 0 saturated heterocycles. The SMILES string of the molecule is Cc1nc(N[C@H](C)c2cc(N)cc(C(F)(F)F)c2)c2cc3c(cc2n1)O[C@@H](C)C(=O)N3C. The number of hydrogen-bond donors (Lipinski definition) is 2. The first kappa shape index (κ1) is 21.7. The van der Waals surface area contributed by atoms with Crippen molar-refractivity contribution in [3.05, 3.63) is 47.3 Å². The predicted molar refractivity (Wildman–Crippen MR) is 116 cm³/mol. The number of aromatic nitrogens is 2. The monoisotopic (exact) mass is 445 g/mol. The fourth-order valence-corrected chi connectivity index (χ4v) is 3.74. The second-order valence-corrected chi connectivity index (χ2v) is 7.87. The maximum atomic E-state index is 13.2. The second kappa shape index (κ2) is 7.54. The molecule has 0 saturated carbocycles. The highest BCUT2D eigenvalue weighted by molar-refractivity contribution is 6.03. The van der Waals surface area contributed by atoms with Gasteiger partial charge in [-0.3, -0.25) is 4.79 Å². The summed E-state index contributed by atoms with van der Waals surface area (Å²) in [6, 6.07) is 6.39. The Hall–Kier alpha value is -3.56. The minimum Gasteiger partial charge on any atom is -0.479 e. The van der Waals surface area contributed by atoms with Crippen LogP contribution in [0.25, 0.3) is 10.9 Å². The molecule has 1 aliphatic heterocycles. The number of rotatable bonds is 3. The fraction of sp³-hybridized carbons (Fsp3) is 0.318. The van der Waals surface area contributed by atoms with Gasteiger partial charge in [-0.1, -0.05) is 0 Å². The standard InChI is InChI=1S/C22H22F3N5O2/c1-10(13-5-14(22(23,24)25)7-15(26)6-13)27-20-16-8-18-19(9-17(16)28-12(3)29-20)32-11(2)21(31)30(18)4/h5-11H,26H2,1-4H3,(H,27,28,29)/t10-,11+/m1/s1. The van der Waals surface area contributed by atoms with E-state index in [4.69, 9.17) is 10.5 Å². The summed E-state index contributed by atoms with van der Waals surface area (Å²) in [5.74, 6) is 1.24. The molecular formula is C22H22F3N5O2. The van der Waals surface area contributed by atoms with Crippen LogP contribution >= 0.6 is 0 Å². The number of carbonyl (C=O) groups excluding carboxylic acids is 1. The van der Waals surface area contributed by atoms with Gasteiger partial charge in [0.1, 0.15) is 17.4 Å². The zero-order valence-corrected chi connectivity index (χ0v) is 17.9. The lowest BCUT2D eigenvalue weighted by atomic mass is 10.0. The average Bonchev–Trinajstić information content (AvgIpc) is 2.70. The Morgan fingerprint density at radius 1 is 1.19 bits per heavy atom. The summed E-state index contributed by atoms with van der Waals surface area (Å²) >= 11 is 0. The van der Waals surface area contributed by atoms with Crippen molar-refractivity contribution in [2.75, 3.05) is 23.0 Å². The van der Waals surface area contributed by atoms with Gasteiger partial charge < -0.3 is 20.7 Å². The number of hydrogen-bond acceptors (Lipinski definition) is 6. The molecule has 0 bridgehead atoms. The molecule has 0 fully saturated rings. The van der Waals surface area contributed by atoms with Gasteiger partial charge in [-0.05, 0) is 50.6 Å². The van der Waals surface area contributed by atoms with Gasteiger partial charge in [0.05, 0.1) is 22.8 Å². The van der Waals surface area contributed by atoms with Crippen LogP contribution < -0.4 is 20.7 Å². The minimum absolute atomic E-state index is 0.0210. The smallest absolute Gasteiger partial charge is 0.416 e. The minimum atomic E-state index is -4.50. The van der Waals surface area contributed by atoms with Gasteiger partial charge in [-0.15, -0.1) is 0 Å². The molecule has 0 radical (unpaired) electrons. The van der Waals surface area contributed by atoms with E-state index in [2.05, 4.69) is 15.3 Å². The number of aryl methyl sites for hydroxylation is 1. The van der Waals surface area contributed by atoms with Gasteiger partial charge in [0.2, 0.25) is 0 Å². The van der Waals surface area contributed by atoms with Crippen LogP contribution in [0.1, 0.15) is 36.8 Å². The maximum absolute atomic E-state index is 13.2. The Labute approximate surface area is 182 Å². The molecule has 0 unspecified atom stereocenters. The van der Waals surface area contributed by atoms with Crippen LogP contribution in [-0.2, 0) is 11.0 Å². The van der Waals surface area contributed by atoms with Gasteiger partial charge in [-0.25, -0.2) is 9.97 Å². The Morgan fingerprint density at radius 2 is 1.91 bits per heavy atom. The molecule has 2 aromatic carbocycles. The first-order chi connectivity index (χ1) is 14.9. The number of carbonyl (C=O) groups is 1. The summed E-state index contributed by atoms with van der Waals surface area (Å²) in [5.41, 5.74) is 6.43. The lowest BCUT2D eigenvalue weighted by Gasteiger charge is -2.30. The number of nitrogens with zero attached hydrogens (tertiary/aromatic N) is 3. The van der Waals surface area contributed by atoms with E-state index in [1.807, 2.05) is 0 Å². The first-order valence-electron chi connectivity index (χ1n) is 9.95. The zero-order valence-electron chi connectivity index (χ0n) is 17.9. The molecule has 168 valence electrons. The van der Waals surface area contributed by atoms with E-state index in [1.165, 1.54) is 11.0 Å². The Kier molecular flexibility index (Phi) is 5.10. The molecule has 3 N–H and O–H groups in total. The lowest BCUT2D eigenvalue weighted by Crippen LogP contribution is -2.41. The van der Waals surface area contributed by atoms with Crippen LogP contribution in [0.5, 0.6) is 5.75 Å². The topological polar surface area (TPSA) is 93.4 Å². The van der Waals surface area contributed by atoms with E-state index >= 15 is 0 Å². The van der Waals surface area contributed by atoms with Crippen molar-refractivity contribution >= 4 is 34.0 Å². The van der Waals surface area contributed by atoms with Gasteiger partial charge in [0.25, 0.3) is 5.91 Å². The summed E-state index contributed by atoms with van der Waals surface area (Å²) in [6.45, 7) is 5.11. The van der Waals surface area contributed by atoms with Crippen molar-refractivity contribution in [2.45, 2.75) is 39.1 Å². The van der Waals surface area contributed by atoms with Crippen LogP contribution in [0.3, 0.4) is 0 Å². The molecule has 1 aliphatic rings. The molecule has 7 nitrogen and oxygen atoms in total. The van der Waals surface area contributed by atoms with E-state index in [0.29, 0.717) is 39.5 Å². The van der Waals surface area contributed by atoms with Crippen LogP contribution in [-0.4, -0.2) is 29.0 Å². The molecule has 2 heterocycles. The van der Waals surface area contributed by atoms with E-state index in [-0.39, 0.29) is 11.6 Å². The van der Waals surface area contributed by atoms with Crippen molar-refractivity contribution in [1.29, 1.82) is 0 Å². The number of nitrogens with two attached hydrogens (primary N) is 1. The third-order valence-corrected chi connectivity index (χ3v) is 5.39. The summed E-state index contributed by atoms with van der Waals surface area (Å²) in [4.78, 5) is 22.7. The average molecular weight is 445 g/mol. The number of nitrogens with one attached hydrogen (secondary N) is 1. The highest BCUT2D eigenvalue weighted by Crippen LogP contribution is 2.39. The quantitative estimate of drug-likeness (QED) is 0.579. The first-order valence-corrected chi connectivity index (χ1v) is 9.95. The molecule has 1 aromatic heterocycles. The number of nitrogen functional groups attached to an aromatic ring is 1. The molecule has 4 rings (SSSR count). The number of likely N-dealkylation sites (N-methyl/N-ethyl adjacent to an activating group) is 1. The normalized spacial score (nSPS) is 17.2. The Morgan fingerprint density at radius 3 is 2.59 bits per heavy atom. The molecule has 32 heavy (non-hydrogen) atoms. The zero-order chi connectivity index (χ0) is 23.4. The van der Waals surface area contributed by atoms with Gasteiger partial charge in [-0.2, -0.15) is 13.2 Å². The molecule has 0 aliphatic carbocycles. The molecular weight excluding hydrogens is 423 g/mol. The van der Waals surface area contributed by atoms with E-state index in [9.17, 15) is 18.0 Å². The largest absolute Gasteiger partial charge is 0.479 e. The second-order valence-electron chi connectivity index (χ2n) is 7.87. The highest BCUT2D eigenvalue weighted by Gasteiger charge is 2.32. The molecule has 3 aromatic rings. The van der Waals surface area contributed by atoms with Crippen LogP contribution in [0, 0.1) is 6.92 Å². The number of fused-ring (bicyclic) bond motifs is 2. The summed E-state index contributed by atoms with van der Waals surface area (Å²) < 4.78 is 45.4. The molecule has 10 heteroatoms. The summed E-state index contributed by atoms with van der Waals surface area (Å²) in [5, 5.41) is 3.78. The van der Waals surface area contributed by atoms with Crippen LogP contribution in [0.15, 0.2) is 30.3 Å². The van der Waals surface area contributed by atoms with Crippen LogP contribution in [0.2, 0.25) is 0 Å². The maximum Gasteiger partial charge on any atom is 0.416 e. The number of halogens is 3. The van der Waals surface area contributed by atoms with Gasteiger partial charge in [0, 0.05) is 24.2 Å². The van der Waals surface area contributed by atoms with Gasteiger partial charge in [0.15, 0.2) is 6.10 Å². The summed E-state index contributed by atoms with van der Waals surface area (Å²) in [7, 11) is 1.65. The fourth-order valence-electron chi connectivity index (χ4n) is 3.74. The highest BCUT2D eigenvalue weighted by atomic mass is 19.4. The number of anilines is 3. The van der Waals surface area contributed by atoms with Crippen molar-refractivity contribution in [2.24, 2.45) is 0 Å². The number of ether oxygens (including phenoxy) is 1.